The van der Waals surface area contributed by atoms with Crippen molar-refractivity contribution in [2.75, 3.05) is 21.3 Å². The van der Waals surface area contributed by atoms with Crippen molar-refractivity contribution in [3.63, 3.8) is 0 Å². The zero-order chi connectivity index (χ0) is 16.0. The summed E-state index contributed by atoms with van der Waals surface area (Å²) in [5.41, 5.74) is 0.596. The van der Waals surface area contributed by atoms with E-state index in [1.807, 2.05) is 0 Å². The van der Waals surface area contributed by atoms with Crippen molar-refractivity contribution < 1.29 is 34.0 Å². The van der Waals surface area contributed by atoms with E-state index in [0.29, 0.717) is 22.8 Å². The third kappa shape index (κ3) is 4.27. The molecule has 0 fully saturated rings. The zero-order valence-electron chi connectivity index (χ0n) is 12.1. The van der Waals surface area contributed by atoms with Gasteiger partial charge in [-0.05, 0) is 24.1 Å². The number of hydrogen-bond acceptors (Lipinski definition) is 5. The molecule has 0 amide bonds. The maximum Gasteiger partial charge on any atom is 0.307 e. The Morgan fingerprint density at radius 1 is 1.05 bits per heavy atom. The Kier molecular flexibility index (Phi) is 5.83. The van der Waals surface area contributed by atoms with Crippen molar-refractivity contribution >= 4 is 11.9 Å². The van der Waals surface area contributed by atoms with Crippen molar-refractivity contribution in [2.45, 2.75) is 12.8 Å². The molecule has 0 aliphatic heterocycles. The van der Waals surface area contributed by atoms with Crippen LogP contribution in [0.25, 0.3) is 0 Å². The highest BCUT2D eigenvalue weighted by Gasteiger charge is 2.23. The lowest BCUT2D eigenvalue weighted by atomic mass is 9.96. The lowest BCUT2D eigenvalue weighted by molar-refractivity contribution is -0.148. The van der Waals surface area contributed by atoms with Gasteiger partial charge in [0.1, 0.15) is 0 Å². The minimum atomic E-state index is -1.16. The molecule has 21 heavy (non-hydrogen) atoms. The molecule has 7 heteroatoms. The van der Waals surface area contributed by atoms with Gasteiger partial charge in [-0.3, -0.25) is 9.59 Å². The largest absolute Gasteiger partial charge is 0.493 e. The second-order valence-electron chi connectivity index (χ2n) is 4.37. The van der Waals surface area contributed by atoms with Crippen LogP contribution in [0.5, 0.6) is 17.2 Å². The number of aliphatic carboxylic acids is 2. The summed E-state index contributed by atoms with van der Waals surface area (Å²) < 4.78 is 15.5. The molecule has 7 nitrogen and oxygen atoms in total. The van der Waals surface area contributed by atoms with Crippen molar-refractivity contribution in [3.8, 4) is 17.2 Å². The summed E-state index contributed by atoms with van der Waals surface area (Å²) in [4.78, 5) is 21.8. The molecule has 0 aliphatic carbocycles. The van der Waals surface area contributed by atoms with E-state index in [1.165, 1.54) is 21.3 Å². The predicted octanol–water partition coefficient (Wildman–Crippen LogP) is 1.43. The Morgan fingerprint density at radius 3 is 1.90 bits per heavy atom. The van der Waals surface area contributed by atoms with E-state index in [1.54, 1.807) is 12.1 Å². The number of carboxylic acid groups (broad SMARTS) is 2. The van der Waals surface area contributed by atoms with Crippen LogP contribution in [-0.2, 0) is 16.0 Å². The molecule has 1 aromatic rings. The Labute approximate surface area is 122 Å². The van der Waals surface area contributed by atoms with Crippen molar-refractivity contribution in [3.05, 3.63) is 17.7 Å². The minimum absolute atomic E-state index is 0.0539. The van der Waals surface area contributed by atoms with Crippen molar-refractivity contribution in [2.24, 2.45) is 5.92 Å². The van der Waals surface area contributed by atoms with E-state index >= 15 is 0 Å². The summed E-state index contributed by atoms with van der Waals surface area (Å²) in [6, 6.07) is 3.22. The number of methoxy groups -OCH3 is 3. The Balaban J connectivity index is 3.12. The quantitative estimate of drug-likeness (QED) is 0.748. The average Bonchev–Trinajstić information content (AvgIpc) is 2.44. The van der Waals surface area contributed by atoms with E-state index in [0.717, 1.165) is 0 Å². The molecule has 116 valence electrons. The van der Waals surface area contributed by atoms with Gasteiger partial charge in [-0.15, -0.1) is 0 Å². The van der Waals surface area contributed by atoms with Crippen LogP contribution in [-0.4, -0.2) is 43.5 Å². The van der Waals surface area contributed by atoms with E-state index in [9.17, 15) is 9.59 Å². The van der Waals surface area contributed by atoms with Crippen LogP contribution >= 0.6 is 0 Å². The average molecular weight is 298 g/mol. The number of carbonyl (C=O) groups is 2. The van der Waals surface area contributed by atoms with E-state index in [2.05, 4.69) is 0 Å². The summed E-state index contributed by atoms with van der Waals surface area (Å²) in [7, 11) is 4.37. The molecule has 0 radical (unpaired) electrons. The zero-order valence-corrected chi connectivity index (χ0v) is 12.1. The number of carboxylic acids is 2. The lowest BCUT2D eigenvalue weighted by Gasteiger charge is -2.16. The number of hydrogen-bond donors (Lipinski definition) is 2. The third-order valence-corrected chi connectivity index (χ3v) is 2.98. The fraction of sp³-hybridized carbons (Fsp3) is 0.429. The smallest absolute Gasteiger partial charge is 0.307 e. The second kappa shape index (κ2) is 7.37. The van der Waals surface area contributed by atoms with Crippen LogP contribution in [0.2, 0.25) is 0 Å². The summed E-state index contributed by atoms with van der Waals surface area (Å²) in [6.45, 7) is 0. The maximum absolute atomic E-state index is 11.1. The van der Waals surface area contributed by atoms with Crippen LogP contribution in [0, 0.1) is 5.92 Å². The summed E-state index contributed by atoms with van der Waals surface area (Å²) >= 11 is 0. The van der Waals surface area contributed by atoms with Gasteiger partial charge < -0.3 is 24.4 Å². The SMILES string of the molecule is COc1cc(C[C@H](CC(=O)O)C(=O)O)cc(OC)c1OC. The maximum atomic E-state index is 11.1. The third-order valence-electron chi connectivity index (χ3n) is 2.98. The Hall–Kier alpha value is -2.44. The van der Waals surface area contributed by atoms with Gasteiger partial charge in [-0.2, -0.15) is 0 Å². The van der Waals surface area contributed by atoms with Crippen LogP contribution in [0.4, 0.5) is 0 Å². The van der Waals surface area contributed by atoms with Gasteiger partial charge in [0, 0.05) is 0 Å². The second-order valence-corrected chi connectivity index (χ2v) is 4.37. The molecule has 0 saturated heterocycles. The van der Waals surface area contributed by atoms with Crippen molar-refractivity contribution in [1.29, 1.82) is 0 Å². The van der Waals surface area contributed by atoms with Gasteiger partial charge in [0.2, 0.25) is 5.75 Å². The van der Waals surface area contributed by atoms with Gasteiger partial charge in [0.25, 0.3) is 0 Å². The first-order valence-electron chi connectivity index (χ1n) is 6.16. The normalized spacial score (nSPS) is 11.6. The molecule has 0 bridgehead atoms. The van der Waals surface area contributed by atoms with Crippen LogP contribution in [0.1, 0.15) is 12.0 Å². The molecule has 1 atom stereocenters. The van der Waals surface area contributed by atoms with Gasteiger partial charge in [-0.1, -0.05) is 0 Å². The molecular weight excluding hydrogens is 280 g/mol. The topological polar surface area (TPSA) is 102 Å². The Bertz CT molecular complexity index is 499. The minimum Gasteiger partial charge on any atom is -0.493 e. The lowest BCUT2D eigenvalue weighted by Crippen LogP contribution is -2.20. The fourth-order valence-corrected chi connectivity index (χ4v) is 2.00. The molecule has 2 N–H and O–H groups in total. The monoisotopic (exact) mass is 298 g/mol. The highest BCUT2D eigenvalue weighted by molar-refractivity contribution is 5.78. The van der Waals surface area contributed by atoms with Gasteiger partial charge >= 0.3 is 11.9 Å². The summed E-state index contributed by atoms with van der Waals surface area (Å²) in [5, 5.41) is 17.8. The molecule has 1 rings (SSSR count). The molecule has 0 heterocycles. The number of ether oxygens (including phenoxy) is 3. The first-order chi connectivity index (χ1) is 9.92. The molecule has 0 aliphatic rings. The van der Waals surface area contributed by atoms with Gasteiger partial charge in [0.15, 0.2) is 11.5 Å². The molecule has 1 aromatic carbocycles. The molecule has 0 spiro atoms. The Morgan fingerprint density at radius 2 is 1.57 bits per heavy atom. The summed E-state index contributed by atoms with van der Waals surface area (Å²) in [5.74, 6) is -2.15. The van der Waals surface area contributed by atoms with E-state index in [-0.39, 0.29) is 6.42 Å². The van der Waals surface area contributed by atoms with Crippen LogP contribution < -0.4 is 14.2 Å². The number of rotatable bonds is 8. The molecular formula is C14H18O7. The molecule has 0 unspecified atom stereocenters. The van der Waals surface area contributed by atoms with Crippen molar-refractivity contribution in [1.82, 2.24) is 0 Å². The predicted molar refractivity (Wildman–Crippen MR) is 73.2 cm³/mol. The molecule has 0 saturated carbocycles. The van der Waals surface area contributed by atoms with E-state index < -0.39 is 24.3 Å². The fourth-order valence-electron chi connectivity index (χ4n) is 2.00. The standard InChI is InChI=1S/C14H18O7/c1-19-10-5-8(6-11(20-2)13(10)21-3)4-9(14(17)18)7-12(15)16/h5-6,9H,4,7H2,1-3H3,(H,15,16)(H,17,18)/t9-/m1/s1. The van der Waals surface area contributed by atoms with Gasteiger partial charge in [0.05, 0.1) is 33.7 Å². The number of benzene rings is 1. The highest BCUT2D eigenvalue weighted by atomic mass is 16.5. The first-order valence-corrected chi connectivity index (χ1v) is 6.16. The first kappa shape index (κ1) is 16.6. The summed E-state index contributed by atoms with van der Waals surface area (Å²) in [6.07, 6.45) is -0.398. The van der Waals surface area contributed by atoms with Gasteiger partial charge in [-0.25, -0.2) is 0 Å². The molecule has 0 aromatic heterocycles. The van der Waals surface area contributed by atoms with E-state index in [4.69, 9.17) is 24.4 Å². The van der Waals surface area contributed by atoms with Crippen LogP contribution in [0.15, 0.2) is 12.1 Å². The van der Waals surface area contributed by atoms with Crippen LogP contribution in [0.3, 0.4) is 0 Å². The highest BCUT2D eigenvalue weighted by Crippen LogP contribution is 2.38.